The van der Waals surface area contributed by atoms with Crippen molar-refractivity contribution in [1.82, 2.24) is 9.88 Å². The van der Waals surface area contributed by atoms with Crippen molar-refractivity contribution in [3.63, 3.8) is 0 Å². The average Bonchev–Trinajstić information content (AvgIpc) is 2.38. The van der Waals surface area contributed by atoms with Gasteiger partial charge in [-0.2, -0.15) is 11.8 Å². The molecule has 0 spiro atoms. The molecule has 1 aromatic heterocycles. The second-order valence-electron chi connectivity index (χ2n) is 4.91. The fraction of sp³-hybridized carbons (Fsp3) is 0.571. The number of hydrogen-bond acceptors (Lipinski definition) is 3. The number of rotatable bonds is 2. The highest BCUT2D eigenvalue weighted by molar-refractivity contribution is 7.99. The number of aromatic nitrogens is 1. The van der Waals surface area contributed by atoms with Crippen LogP contribution >= 0.6 is 11.8 Å². The first kappa shape index (κ1) is 13.4. The molecule has 0 radical (unpaired) electrons. The minimum absolute atomic E-state index is 0.163. The Morgan fingerprint density at radius 3 is 2.83 bits per heavy atom. The number of amides is 1. The van der Waals surface area contributed by atoms with Crippen LogP contribution in [-0.2, 0) is 4.79 Å². The molecule has 0 unspecified atom stereocenters. The number of nitrogens with zero attached hydrogens (tertiary/aromatic N) is 2. The number of piperidine rings is 1. The van der Waals surface area contributed by atoms with Gasteiger partial charge in [0.15, 0.2) is 0 Å². The van der Waals surface area contributed by atoms with Crippen molar-refractivity contribution >= 4 is 17.7 Å². The molecule has 0 N–H and O–H groups in total. The van der Waals surface area contributed by atoms with Crippen molar-refractivity contribution in [3.8, 4) is 0 Å². The van der Waals surface area contributed by atoms with Crippen LogP contribution in [-0.4, -0.2) is 33.3 Å². The second kappa shape index (κ2) is 5.74. The zero-order valence-electron chi connectivity index (χ0n) is 11.2. The van der Waals surface area contributed by atoms with Crippen LogP contribution in [0.1, 0.15) is 38.3 Å². The van der Waals surface area contributed by atoms with Crippen LogP contribution in [0.3, 0.4) is 0 Å². The maximum absolute atomic E-state index is 11.9. The molecule has 1 saturated heterocycles. The van der Waals surface area contributed by atoms with Crippen molar-refractivity contribution in [2.75, 3.05) is 6.26 Å². The van der Waals surface area contributed by atoms with Crippen molar-refractivity contribution < 1.29 is 4.79 Å². The Hall–Kier alpha value is -1.03. The van der Waals surface area contributed by atoms with Crippen molar-refractivity contribution in [3.05, 3.63) is 30.1 Å². The molecule has 1 aromatic rings. The van der Waals surface area contributed by atoms with Gasteiger partial charge in [-0.3, -0.25) is 9.78 Å². The lowest BCUT2D eigenvalue weighted by atomic mass is 9.91. The van der Waals surface area contributed by atoms with Gasteiger partial charge in [-0.05, 0) is 37.7 Å². The second-order valence-corrected chi connectivity index (χ2v) is 6.04. The van der Waals surface area contributed by atoms with E-state index in [9.17, 15) is 4.79 Å². The van der Waals surface area contributed by atoms with Crippen LogP contribution < -0.4 is 0 Å². The molecule has 2 heterocycles. The molecular weight excluding hydrogens is 244 g/mol. The summed E-state index contributed by atoms with van der Waals surface area (Å²) < 4.78 is 0. The summed E-state index contributed by atoms with van der Waals surface area (Å²) in [7, 11) is 0. The Labute approximate surface area is 113 Å². The summed E-state index contributed by atoms with van der Waals surface area (Å²) in [5.74, 6) is 0.163. The van der Waals surface area contributed by atoms with Gasteiger partial charge in [0.2, 0.25) is 5.91 Å². The van der Waals surface area contributed by atoms with Crippen molar-refractivity contribution in [2.45, 2.75) is 44.0 Å². The predicted octanol–water partition coefficient (Wildman–Crippen LogP) is 2.89. The van der Waals surface area contributed by atoms with E-state index in [4.69, 9.17) is 0 Å². The van der Waals surface area contributed by atoms with E-state index in [0.717, 1.165) is 18.4 Å². The number of thioether (sulfide) groups is 1. The van der Waals surface area contributed by atoms with Crippen LogP contribution in [0, 0.1) is 0 Å². The zero-order valence-corrected chi connectivity index (χ0v) is 12.0. The topological polar surface area (TPSA) is 33.2 Å². The van der Waals surface area contributed by atoms with Gasteiger partial charge in [-0.1, -0.05) is 6.07 Å². The summed E-state index contributed by atoms with van der Waals surface area (Å²) in [6.45, 7) is 3.81. The monoisotopic (exact) mass is 264 g/mol. The van der Waals surface area contributed by atoms with Crippen LogP contribution in [0.25, 0.3) is 0 Å². The number of carbonyl (C=O) groups excluding carboxylic acids is 1. The molecule has 2 rings (SSSR count). The number of hydrogen-bond donors (Lipinski definition) is 0. The van der Waals surface area contributed by atoms with Gasteiger partial charge >= 0.3 is 0 Å². The molecule has 3 nitrogen and oxygen atoms in total. The predicted molar refractivity (Wildman–Crippen MR) is 75.5 cm³/mol. The SMILES string of the molecule is CS[C@H]1C[C@@H](C)N(C(C)=O)[C@@H](c2cccnc2)C1. The van der Waals surface area contributed by atoms with Crippen molar-refractivity contribution in [2.24, 2.45) is 0 Å². The summed E-state index contributed by atoms with van der Waals surface area (Å²) >= 11 is 1.90. The van der Waals surface area contributed by atoms with Crippen LogP contribution in [0.2, 0.25) is 0 Å². The summed E-state index contributed by atoms with van der Waals surface area (Å²) in [5, 5.41) is 0.626. The van der Waals surface area contributed by atoms with Gasteiger partial charge in [0, 0.05) is 30.6 Å². The maximum Gasteiger partial charge on any atom is 0.220 e. The van der Waals surface area contributed by atoms with Gasteiger partial charge in [-0.15, -0.1) is 0 Å². The summed E-state index contributed by atoms with van der Waals surface area (Å²) in [5.41, 5.74) is 1.15. The standard InChI is InChI=1S/C14H20N2OS/c1-10-7-13(18-3)8-14(16(10)11(2)17)12-5-4-6-15-9-12/h4-6,9-10,13-14H,7-8H2,1-3H3/t10-,13+,14-/m1/s1. The van der Waals surface area contributed by atoms with E-state index in [0.29, 0.717) is 11.3 Å². The van der Waals surface area contributed by atoms with E-state index in [-0.39, 0.29) is 11.9 Å². The zero-order chi connectivity index (χ0) is 13.1. The van der Waals surface area contributed by atoms with E-state index in [1.54, 1.807) is 13.1 Å². The number of pyridine rings is 1. The molecule has 0 aromatic carbocycles. The van der Waals surface area contributed by atoms with Gasteiger partial charge in [0.1, 0.15) is 0 Å². The quantitative estimate of drug-likeness (QED) is 0.823. The first-order valence-corrected chi connectivity index (χ1v) is 7.64. The highest BCUT2D eigenvalue weighted by Crippen LogP contribution is 2.38. The molecule has 98 valence electrons. The molecule has 0 bridgehead atoms. The lowest BCUT2D eigenvalue weighted by molar-refractivity contribution is -0.135. The number of carbonyl (C=O) groups is 1. The summed E-state index contributed by atoms with van der Waals surface area (Å²) in [4.78, 5) is 18.1. The maximum atomic E-state index is 11.9. The van der Waals surface area contributed by atoms with E-state index < -0.39 is 0 Å². The molecule has 1 aliphatic heterocycles. The van der Waals surface area contributed by atoms with Gasteiger partial charge < -0.3 is 4.90 Å². The minimum Gasteiger partial charge on any atom is -0.333 e. The highest BCUT2D eigenvalue weighted by atomic mass is 32.2. The molecule has 3 atom stereocenters. The molecule has 1 aliphatic rings. The first-order valence-electron chi connectivity index (χ1n) is 6.35. The fourth-order valence-electron chi connectivity index (χ4n) is 2.85. The summed E-state index contributed by atoms with van der Waals surface area (Å²) in [6.07, 6.45) is 7.92. The lowest BCUT2D eigenvalue weighted by Crippen LogP contribution is -2.46. The molecular formula is C14H20N2OS. The number of likely N-dealkylation sites (tertiary alicyclic amines) is 1. The Morgan fingerprint density at radius 2 is 2.28 bits per heavy atom. The highest BCUT2D eigenvalue weighted by Gasteiger charge is 2.35. The molecule has 4 heteroatoms. The van der Waals surface area contributed by atoms with Crippen LogP contribution in [0.4, 0.5) is 0 Å². The molecule has 0 saturated carbocycles. The lowest BCUT2D eigenvalue weighted by Gasteiger charge is -2.43. The third-order valence-electron chi connectivity index (χ3n) is 3.67. The summed E-state index contributed by atoms with van der Waals surface area (Å²) in [6, 6.07) is 4.50. The molecule has 1 fully saturated rings. The Kier molecular flexibility index (Phi) is 4.27. The van der Waals surface area contributed by atoms with E-state index in [1.165, 1.54) is 0 Å². The average molecular weight is 264 g/mol. The van der Waals surface area contributed by atoms with Crippen LogP contribution in [0.15, 0.2) is 24.5 Å². The Morgan fingerprint density at radius 1 is 1.50 bits per heavy atom. The third kappa shape index (κ3) is 2.69. The fourth-order valence-corrected chi connectivity index (χ4v) is 3.70. The van der Waals surface area contributed by atoms with E-state index in [2.05, 4.69) is 24.2 Å². The van der Waals surface area contributed by atoms with E-state index in [1.807, 2.05) is 28.9 Å². The van der Waals surface area contributed by atoms with Crippen LogP contribution in [0.5, 0.6) is 0 Å². The smallest absolute Gasteiger partial charge is 0.220 e. The molecule has 1 amide bonds. The van der Waals surface area contributed by atoms with Crippen molar-refractivity contribution in [1.29, 1.82) is 0 Å². The molecule has 0 aliphatic carbocycles. The normalized spacial score (nSPS) is 28.2. The van der Waals surface area contributed by atoms with Gasteiger partial charge in [0.25, 0.3) is 0 Å². The third-order valence-corrected chi connectivity index (χ3v) is 4.72. The Balaban J connectivity index is 2.30. The van der Waals surface area contributed by atoms with Gasteiger partial charge in [0.05, 0.1) is 6.04 Å². The largest absolute Gasteiger partial charge is 0.333 e. The minimum atomic E-state index is 0.163. The first-order chi connectivity index (χ1) is 8.63. The van der Waals surface area contributed by atoms with Gasteiger partial charge in [-0.25, -0.2) is 0 Å². The van der Waals surface area contributed by atoms with E-state index >= 15 is 0 Å². The molecule has 18 heavy (non-hydrogen) atoms. The Bertz CT molecular complexity index is 410.